The van der Waals surface area contributed by atoms with Crippen LogP contribution < -0.4 is 5.32 Å². The molecule has 0 aliphatic heterocycles. The Morgan fingerprint density at radius 1 is 1.25 bits per heavy atom. The van der Waals surface area contributed by atoms with Crippen LogP contribution in [0, 0.1) is 10.1 Å². The van der Waals surface area contributed by atoms with Crippen LogP contribution in [-0.2, 0) is 0 Å². The van der Waals surface area contributed by atoms with Crippen molar-refractivity contribution in [3.05, 3.63) is 69.2 Å². The molecule has 0 aliphatic carbocycles. The lowest BCUT2D eigenvalue weighted by molar-refractivity contribution is -0.384. The molecular weight excluding hydrogens is 276 g/mol. The highest BCUT2D eigenvalue weighted by Crippen LogP contribution is 2.30. The van der Waals surface area contributed by atoms with E-state index >= 15 is 0 Å². The molecule has 2 aromatic rings. The Labute approximate surface area is 122 Å². The van der Waals surface area contributed by atoms with Gasteiger partial charge >= 0.3 is 0 Å². The Kier molecular flexibility index (Phi) is 4.58. The third-order valence-corrected chi connectivity index (χ3v) is 3.41. The molecule has 0 aliphatic rings. The van der Waals surface area contributed by atoms with Gasteiger partial charge in [-0.15, -0.1) is 0 Å². The van der Waals surface area contributed by atoms with Crippen LogP contribution in [0.4, 0.5) is 11.4 Å². The fraction of sp³-hybridized carbons (Fsp3) is 0.200. The zero-order valence-electron chi connectivity index (χ0n) is 11.0. The third kappa shape index (κ3) is 3.27. The second kappa shape index (κ2) is 6.39. The number of hydrogen-bond donors (Lipinski definition) is 1. The van der Waals surface area contributed by atoms with Gasteiger partial charge < -0.3 is 5.32 Å². The molecule has 0 saturated heterocycles. The molecule has 1 N–H and O–H groups in total. The van der Waals surface area contributed by atoms with E-state index in [1.165, 1.54) is 6.07 Å². The smallest absolute Gasteiger partial charge is 0.289 e. The van der Waals surface area contributed by atoms with Crippen LogP contribution in [0.2, 0.25) is 5.02 Å². The molecular formula is C15H15ClN2O2. The van der Waals surface area contributed by atoms with E-state index < -0.39 is 4.92 Å². The molecule has 0 heterocycles. The normalized spacial score (nSPS) is 11.9. The Hall–Kier alpha value is -2.07. The molecule has 2 aromatic carbocycles. The first kappa shape index (κ1) is 14.3. The Morgan fingerprint density at radius 3 is 2.55 bits per heavy atom. The van der Waals surface area contributed by atoms with E-state index in [-0.39, 0.29) is 16.8 Å². The summed E-state index contributed by atoms with van der Waals surface area (Å²) >= 11 is 5.81. The predicted octanol–water partition coefficient (Wildman–Crippen LogP) is 4.81. The summed E-state index contributed by atoms with van der Waals surface area (Å²) in [6.07, 6.45) is 0.875. The standard InChI is InChI=1S/C15H15ClN2O2/c1-2-14(11-6-4-3-5-7-11)17-12-8-9-13(16)15(10-12)18(19)20/h3-10,14,17H,2H2,1H3. The van der Waals surface area contributed by atoms with Crippen molar-refractivity contribution in [2.24, 2.45) is 0 Å². The lowest BCUT2D eigenvalue weighted by Crippen LogP contribution is -2.09. The number of nitro groups is 1. The largest absolute Gasteiger partial charge is 0.378 e. The second-order valence-corrected chi connectivity index (χ2v) is 4.85. The van der Waals surface area contributed by atoms with Crippen molar-refractivity contribution in [1.82, 2.24) is 0 Å². The summed E-state index contributed by atoms with van der Waals surface area (Å²) in [5.41, 5.74) is 1.75. The lowest BCUT2D eigenvalue weighted by atomic mass is 10.0. The highest BCUT2D eigenvalue weighted by Gasteiger charge is 2.15. The van der Waals surface area contributed by atoms with Crippen LogP contribution in [0.5, 0.6) is 0 Å². The molecule has 0 amide bonds. The minimum atomic E-state index is -0.475. The van der Waals surface area contributed by atoms with Crippen LogP contribution in [0.1, 0.15) is 24.9 Å². The summed E-state index contributed by atoms with van der Waals surface area (Å²) in [6.45, 7) is 2.06. The number of hydrogen-bond acceptors (Lipinski definition) is 3. The lowest BCUT2D eigenvalue weighted by Gasteiger charge is -2.18. The van der Waals surface area contributed by atoms with E-state index in [0.29, 0.717) is 5.69 Å². The molecule has 2 rings (SSSR count). The van der Waals surface area contributed by atoms with Gasteiger partial charge in [0, 0.05) is 11.8 Å². The maximum Gasteiger partial charge on any atom is 0.289 e. The number of benzene rings is 2. The molecule has 0 saturated carbocycles. The van der Waals surface area contributed by atoms with E-state index in [0.717, 1.165) is 12.0 Å². The van der Waals surface area contributed by atoms with Gasteiger partial charge in [0.25, 0.3) is 5.69 Å². The summed E-state index contributed by atoms with van der Waals surface area (Å²) in [6, 6.07) is 14.8. The molecule has 104 valence electrons. The highest BCUT2D eigenvalue weighted by atomic mass is 35.5. The maximum atomic E-state index is 10.9. The SMILES string of the molecule is CCC(Nc1ccc(Cl)c([N+](=O)[O-])c1)c1ccccc1. The molecule has 1 unspecified atom stereocenters. The minimum Gasteiger partial charge on any atom is -0.378 e. The summed E-state index contributed by atoms with van der Waals surface area (Å²) in [7, 11) is 0. The predicted molar refractivity (Wildman–Crippen MR) is 81.2 cm³/mol. The van der Waals surface area contributed by atoms with Crippen LogP contribution in [-0.4, -0.2) is 4.92 Å². The van der Waals surface area contributed by atoms with Crippen molar-refractivity contribution in [3.63, 3.8) is 0 Å². The van der Waals surface area contributed by atoms with Gasteiger partial charge in [0.1, 0.15) is 5.02 Å². The van der Waals surface area contributed by atoms with E-state index in [1.807, 2.05) is 30.3 Å². The summed E-state index contributed by atoms with van der Waals surface area (Å²) in [5.74, 6) is 0. The van der Waals surface area contributed by atoms with Gasteiger partial charge in [0.2, 0.25) is 0 Å². The van der Waals surface area contributed by atoms with Gasteiger partial charge in [-0.3, -0.25) is 10.1 Å². The van der Waals surface area contributed by atoms with Crippen molar-refractivity contribution in [1.29, 1.82) is 0 Å². The van der Waals surface area contributed by atoms with Crippen molar-refractivity contribution in [3.8, 4) is 0 Å². The molecule has 4 nitrogen and oxygen atoms in total. The Bertz CT molecular complexity index is 602. The van der Waals surface area contributed by atoms with E-state index in [9.17, 15) is 10.1 Å². The molecule has 0 radical (unpaired) electrons. The fourth-order valence-electron chi connectivity index (χ4n) is 2.05. The fourth-order valence-corrected chi connectivity index (χ4v) is 2.24. The van der Waals surface area contributed by atoms with E-state index in [2.05, 4.69) is 12.2 Å². The number of halogens is 1. The maximum absolute atomic E-state index is 10.9. The van der Waals surface area contributed by atoms with Crippen molar-refractivity contribution in [2.45, 2.75) is 19.4 Å². The van der Waals surface area contributed by atoms with E-state index in [4.69, 9.17) is 11.6 Å². The van der Waals surface area contributed by atoms with Gasteiger partial charge in [-0.25, -0.2) is 0 Å². The summed E-state index contributed by atoms with van der Waals surface area (Å²) < 4.78 is 0. The van der Waals surface area contributed by atoms with Crippen molar-refractivity contribution < 1.29 is 4.92 Å². The Balaban J connectivity index is 2.24. The van der Waals surface area contributed by atoms with Gasteiger partial charge in [-0.05, 0) is 24.1 Å². The average molecular weight is 291 g/mol. The number of anilines is 1. The third-order valence-electron chi connectivity index (χ3n) is 3.09. The van der Waals surface area contributed by atoms with Gasteiger partial charge in [-0.2, -0.15) is 0 Å². The number of nitrogens with one attached hydrogen (secondary N) is 1. The quantitative estimate of drug-likeness (QED) is 0.635. The van der Waals surface area contributed by atoms with Crippen LogP contribution in [0.15, 0.2) is 48.5 Å². The molecule has 20 heavy (non-hydrogen) atoms. The molecule has 5 heteroatoms. The second-order valence-electron chi connectivity index (χ2n) is 4.44. The van der Waals surface area contributed by atoms with Gasteiger partial charge in [-0.1, -0.05) is 48.9 Å². The summed E-state index contributed by atoms with van der Waals surface area (Å²) in [4.78, 5) is 10.4. The van der Waals surface area contributed by atoms with Crippen molar-refractivity contribution in [2.75, 3.05) is 5.32 Å². The highest BCUT2D eigenvalue weighted by molar-refractivity contribution is 6.32. The molecule has 0 spiro atoms. The average Bonchev–Trinajstić information content (AvgIpc) is 2.47. The molecule has 0 aromatic heterocycles. The van der Waals surface area contributed by atoms with Crippen LogP contribution in [0.25, 0.3) is 0 Å². The first-order valence-corrected chi connectivity index (χ1v) is 6.75. The molecule has 0 fully saturated rings. The first-order valence-electron chi connectivity index (χ1n) is 6.37. The number of rotatable bonds is 5. The summed E-state index contributed by atoms with van der Waals surface area (Å²) in [5, 5.41) is 14.3. The van der Waals surface area contributed by atoms with E-state index in [1.54, 1.807) is 12.1 Å². The number of nitro benzene ring substituents is 1. The van der Waals surface area contributed by atoms with Crippen LogP contribution in [0.3, 0.4) is 0 Å². The van der Waals surface area contributed by atoms with Crippen molar-refractivity contribution >= 4 is 23.0 Å². The number of nitrogens with zero attached hydrogens (tertiary/aromatic N) is 1. The first-order chi connectivity index (χ1) is 9.61. The monoisotopic (exact) mass is 290 g/mol. The van der Waals surface area contributed by atoms with Gasteiger partial charge in [0.05, 0.1) is 11.0 Å². The topological polar surface area (TPSA) is 55.2 Å². The zero-order chi connectivity index (χ0) is 14.5. The molecule has 1 atom stereocenters. The molecule has 0 bridgehead atoms. The van der Waals surface area contributed by atoms with Crippen LogP contribution >= 0.6 is 11.6 Å². The Morgan fingerprint density at radius 2 is 1.95 bits per heavy atom. The van der Waals surface area contributed by atoms with Gasteiger partial charge in [0.15, 0.2) is 0 Å². The minimum absolute atomic E-state index is 0.0837. The zero-order valence-corrected chi connectivity index (χ0v) is 11.8.